The Labute approximate surface area is 131 Å². The van der Waals surface area contributed by atoms with Gasteiger partial charge in [-0.1, -0.05) is 11.6 Å². The van der Waals surface area contributed by atoms with Crippen LogP contribution in [0.5, 0.6) is 0 Å². The monoisotopic (exact) mass is 349 g/mol. The van der Waals surface area contributed by atoms with E-state index in [2.05, 4.69) is 4.40 Å². The quantitative estimate of drug-likeness (QED) is 0.369. The third-order valence-corrected chi connectivity index (χ3v) is 4.44. The lowest BCUT2D eigenvalue weighted by molar-refractivity contribution is -0.385. The molecule has 0 aliphatic rings. The molecule has 0 saturated heterocycles. The minimum atomic E-state index is -4.40. The number of benzene rings is 1. The molecule has 0 atom stereocenters. The fourth-order valence-corrected chi connectivity index (χ4v) is 3.39. The number of rotatable bonds is 5. The summed E-state index contributed by atoms with van der Waals surface area (Å²) in [6, 6.07) is 0.717. The molecule has 0 aliphatic carbocycles. The first kappa shape index (κ1) is 17.9. The minimum absolute atomic E-state index is 0.223. The molecule has 0 heterocycles. The van der Waals surface area contributed by atoms with E-state index in [9.17, 15) is 23.3 Å². The second-order valence-electron chi connectivity index (χ2n) is 4.43. The first-order valence-electron chi connectivity index (χ1n) is 5.66. The van der Waals surface area contributed by atoms with Crippen LogP contribution in [0.3, 0.4) is 0 Å². The van der Waals surface area contributed by atoms with Gasteiger partial charge in [-0.3, -0.25) is 10.1 Å². The molecule has 0 spiro atoms. The first-order valence-corrected chi connectivity index (χ1v) is 7.48. The van der Waals surface area contributed by atoms with Crippen LogP contribution < -0.4 is 0 Å². The average molecular weight is 350 g/mol. The van der Waals surface area contributed by atoms with Gasteiger partial charge in [0.1, 0.15) is 16.3 Å². The van der Waals surface area contributed by atoms with E-state index in [1.165, 1.54) is 25.9 Å². The number of carboxylic acid groups (broad SMARTS) is 1. The molecule has 1 N–H and O–H groups in total. The van der Waals surface area contributed by atoms with E-state index in [1.54, 1.807) is 0 Å². The zero-order chi connectivity index (χ0) is 17.2. The molecular weight excluding hydrogens is 338 g/mol. The highest BCUT2D eigenvalue weighted by Gasteiger charge is 2.31. The van der Waals surface area contributed by atoms with E-state index in [1.807, 2.05) is 0 Å². The number of nitro benzene ring substituents is 1. The molecule has 120 valence electrons. The molecule has 9 nitrogen and oxygen atoms in total. The van der Waals surface area contributed by atoms with Crippen molar-refractivity contribution in [3.05, 3.63) is 32.3 Å². The van der Waals surface area contributed by atoms with Gasteiger partial charge < -0.3 is 10.0 Å². The summed E-state index contributed by atoms with van der Waals surface area (Å²) in [7, 11) is -1.37. The molecule has 0 radical (unpaired) electrons. The van der Waals surface area contributed by atoms with Crippen LogP contribution in [0, 0.1) is 17.0 Å². The predicted octanol–water partition coefficient (Wildman–Crippen LogP) is 1.53. The lowest BCUT2D eigenvalue weighted by Gasteiger charge is -2.10. The molecule has 0 fully saturated rings. The van der Waals surface area contributed by atoms with E-state index in [0.29, 0.717) is 6.07 Å². The fourth-order valence-electron chi connectivity index (χ4n) is 1.58. The normalized spacial score (nSPS) is 11.6. The molecule has 0 aliphatic heterocycles. The Morgan fingerprint density at radius 2 is 2.05 bits per heavy atom. The van der Waals surface area contributed by atoms with Crippen molar-refractivity contribution < 1.29 is 23.2 Å². The van der Waals surface area contributed by atoms with E-state index < -0.39 is 42.1 Å². The second kappa shape index (κ2) is 6.28. The van der Waals surface area contributed by atoms with E-state index in [4.69, 9.17) is 16.7 Å². The largest absolute Gasteiger partial charge is 0.478 e. The van der Waals surface area contributed by atoms with Gasteiger partial charge in [-0.25, -0.2) is 4.79 Å². The van der Waals surface area contributed by atoms with Crippen molar-refractivity contribution in [2.24, 2.45) is 4.40 Å². The highest BCUT2D eigenvalue weighted by Crippen LogP contribution is 2.36. The number of aromatic carboxylic acids is 1. The van der Waals surface area contributed by atoms with Gasteiger partial charge in [0.2, 0.25) is 0 Å². The second-order valence-corrected chi connectivity index (χ2v) is 6.38. The number of nitro groups is 1. The van der Waals surface area contributed by atoms with Gasteiger partial charge >= 0.3 is 5.97 Å². The number of nitrogens with zero attached hydrogens (tertiary/aromatic N) is 3. The zero-order valence-electron chi connectivity index (χ0n) is 11.8. The van der Waals surface area contributed by atoms with Crippen LogP contribution in [0.15, 0.2) is 15.4 Å². The molecule has 0 bridgehead atoms. The Balaban J connectivity index is 3.80. The molecule has 0 saturated carbocycles. The molecule has 1 aromatic carbocycles. The van der Waals surface area contributed by atoms with Gasteiger partial charge in [0.25, 0.3) is 15.7 Å². The van der Waals surface area contributed by atoms with E-state index >= 15 is 0 Å². The van der Waals surface area contributed by atoms with Gasteiger partial charge in [-0.05, 0) is 12.5 Å². The van der Waals surface area contributed by atoms with Crippen LogP contribution in [0.2, 0.25) is 5.02 Å². The Kier molecular flexibility index (Phi) is 5.09. The predicted molar refractivity (Wildman–Crippen MR) is 79.2 cm³/mol. The number of hydrogen-bond donors (Lipinski definition) is 1. The Morgan fingerprint density at radius 3 is 2.45 bits per heavy atom. The van der Waals surface area contributed by atoms with Crippen molar-refractivity contribution in [2.75, 3.05) is 14.1 Å². The van der Waals surface area contributed by atoms with Gasteiger partial charge in [-0.2, -0.15) is 8.42 Å². The van der Waals surface area contributed by atoms with Gasteiger partial charge in [0.05, 0.1) is 10.5 Å². The summed E-state index contributed by atoms with van der Waals surface area (Å²) in [5, 5.41) is 19.3. The molecule has 1 aromatic rings. The topological polar surface area (TPSA) is 130 Å². The van der Waals surface area contributed by atoms with Crippen molar-refractivity contribution in [1.29, 1.82) is 0 Å². The zero-order valence-corrected chi connectivity index (χ0v) is 13.3. The number of carbonyl (C=O) groups is 1. The number of hydrogen-bond acceptors (Lipinski definition) is 5. The lowest BCUT2D eigenvalue weighted by atomic mass is 10.1. The van der Waals surface area contributed by atoms with Crippen LogP contribution in [-0.4, -0.2) is 49.8 Å². The number of sulfonamides is 1. The summed E-state index contributed by atoms with van der Waals surface area (Å²) in [6.45, 7) is 1.19. The average Bonchev–Trinajstić information content (AvgIpc) is 2.35. The smallest absolute Gasteiger partial charge is 0.336 e. The molecule has 11 heteroatoms. The maximum absolute atomic E-state index is 12.2. The van der Waals surface area contributed by atoms with Crippen LogP contribution >= 0.6 is 11.6 Å². The van der Waals surface area contributed by atoms with E-state index in [-0.39, 0.29) is 5.56 Å². The maximum Gasteiger partial charge on any atom is 0.336 e. The molecule has 22 heavy (non-hydrogen) atoms. The Hall–Kier alpha value is -2.20. The van der Waals surface area contributed by atoms with Crippen LogP contribution in [0.1, 0.15) is 15.9 Å². The van der Waals surface area contributed by atoms with Gasteiger partial charge in [-0.15, -0.1) is 4.40 Å². The fraction of sp³-hybridized carbons (Fsp3) is 0.273. The molecular formula is C11H12ClN3O6S. The van der Waals surface area contributed by atoms with Crippen molar-refractivity contribution in [1.82, 2.24) is 4.90 Å². The maximum atomic E-state index is 12.2. The summed E-state index contributed by atoms with van der Waals surface area (Å²) in [6.07, 6.45) is 0.963. The summed E-state index contributed by atoms with van der Waals surface area (Å²) < 4.78 is 27.7. The van der Waals surface area contributed by atoms with Crippen LogP contribution in [0.25, 0.3) is 0 Å². The SMILES string of the molecule is Cc1c(C(=O)O)cc([N+](=O)[O-])c(Cl)c1S(=O)(=O)N=CN(C)C. The van der Waals surface area contributed by atoms with Crippen molar-refractivity contribution >= 4 is 39.6 Å². The minimum Gasteiger partial charge on any atom is -0.478 e. The van der Waals surface area contributed by atoms with Crippen molar-refractivity contribution in [2.45, 2.75) is 11.8 Å². The summed E-state index contributed by atoms with van der Waals surface area (Å²) in [5.41, 5.74) is -1.57. The highest BCUT2D eigenvalue weighted by atomic mass is 35.5. The van der Waals surface area contributed by atoms with Gasteiger partial charge in [0.15, 0.2) is 0 Å². The Bertz CT molecular complexity index is 734. The number of carboxylic acids is 1. The van der Waals surface area contributed by atoms with Gasteiger partial charge in [0, 0.05) is 20.2 Å². The number of halogens is 1. The van der Waals surface area contributed by atoms with Crippen molar-refractivity contribution in [3.8, 4) is 0 Å². The summed E-state index contributed by atoms with van der Waals surface area (Å²) >= 11 is 5.78. The summed E-state index contributed by atoms with van der Waals surface area (Å²) in [4.78, 5) is 21.8. The summed E-state index contributed by atoms with van der Waals surface area (Å²) in [5.74, 6) is -1.51. The Morgan fingerprint density at radius 1 is 1.50 bits per heavy atom. The third kappa shape index (κ3) is 3.52. The van der Waals surface area contributed by atoms with Crippen LogP contribution in [-0.2, 0) is 10.0 Å². The third-order valence-electron chi connectivity index (χ3n) is 2.55. The molecule has 0 amide bonds. The van der Waals surface area contributed by atoms with Crippen molar-refractivity contribution in [3.63, 3.8) is 0 Å². The standard InChI is InChI=1S/C11H12ClN3O6S/c1-6-7(11(16)17)4-8(15(18)19)9(12)10(6)22(20,21)13-5-14(2)3/h4-5H,1-3H3,(H,16,17). The van der Waals surface area contributed by atoms with E-state index in [0.717, 1.165) is 6.34 Å². The lowest BCUT2D eigenvalue weighted by Crippen LogP contribution is -2.13. The molecule has 1 rings (SSSR count). The molecule has 0 aromatic heterocycles. The van der Waals surface area contributed by atoms with Crippen LogP contribution in [0.4, 0.5) is 5.69 Å². The highest BCUT2D eigenvalue weighted by molar-refractivity contribution is 7.90. The first-order chi connectivity index (χ1) is 9.99. The molecule has 0 unspecified atom stereocenters.